The normalized spacial score (nSPS) is 32.5. The highest BCUT2D eigenvalue weighted by molar-refractivity contribution is 5.86. The lowest BCUT2D eigenvalue weighted by atomic mass is 9.78. The highest BCUT2D eigenvalue weighted by Gasteiger charge is 2.39. The molecule has 1 aliphatic heterocycles. The van der Waals surface area contributed by atoms with Crippen LogP contribution in [0.25, 0.3) is 0 Å². The van der Waals surface area contributed by atoms with Gasteiger partial charge in [0.15, 0.2) is 0 Å². The maximum absolute atomic E-state index is 12.5. The number of carboxylic acid groups (broad SMARTS) is 1. The molecule has 2 aliphatic rings. The molecule has 1 saturated carbocycles. The van der Waals surface area contributed by atoms with Gasteiger partial charge >= 0.3 is 5.97 Å². The van der Waals surface area contributed by atoms with E-state index in [1.165, 1.54) is 0 Å². The Kier molecular flexibility index (Phi) is 4.22. The van der Waals surface area contributed by atoms with Crippen molar-refractivity contribution in [3.05, 3.63) is 0 Å². The molecule has 1 amide bonds. The number of hydrogen-bond donors (Lipinski definition) is 2. The van der Waals surface area contributed by atoms with E-state index in [-0.39, 0.29) is 17.7 Å². The van der Waals surface area contributed by atoms with Crippen LogP contribution in [0, 0.1) is 11.8 Å². The molecule has 5 heteroatoms. The van der Waals surface area contributed by atoms with Gasteiger partial charge in [-0.15, -0.1) is 0 Å². The number of hydrogen-bond acceptors (Lipinski definition) is 3. The molecule has 2 rings (SSSR count). The minimum absolute atomic E-state index is 0.0232. The average Bonchev–Trinajstić information content (AvgIpc) is 2.87. The molecule has 3 N–H and O–H groups in total. The highest BCUT2D eigenvalue weighted by Crippen LogP contribution is 2.32. The summed E-state index contributed by atoms with van der Waals surface area (Å²) in [6, 6.07) is -0.613. The van der Waals surface area contributed by atoms with Crippen LogP contribution in [0.1, 0.15) is 38.5 Å². The van der Waals surface area contributed by atoms with Gasteiger partial charge in [-0.1, -0.05) is 12.8 Å². The fourth-order valence-electron chi connectivity index (χ4n) is 3.32. The van der Waals surface area contributed by atoms with Gasteiger partial charge in [0.05, 0.1) is 0 Å². The Hall–Kier alpha value is -1.10. The van der Waals surface area contributed by atoms with Crippen molar-refractivity contribution in [1.29, 1.82) is 0 Å². The van der Waals surface area contributed by atoms with E-state index in [0.717, 1.165) is 32.1 Å². The van der Waals surface area contributed by atoms with Crippen LogP contribution >= 0.6 is 0 Å². The second-order valence-electron chi connectivity index (χ2n) is 5.41. The Morgan fingerprint density at radius 1 is 1.17 bits per heavy atom. The minimum atomic E-state index is -0.874. The van der Waals surface area contributed by atoms with Crippen molar-refractivity contribution in [2.24, 2.45) is 17.6 Å². The van der Waals surface area contributed by atoms with E-state index in [1.807, 2.05) is 0 Å². The van der Waals surface area contributed by atoms with Gasteiger partial charge in [0.25, 0.3) is 0 Å². The number of aliphatic carboxylic acids is 1. The Bertz CT molecular complexity index is 332. The molecule has 0 radical (unpaired) electrons. The quantitative estimate of drug-likeness (QED) is 0.781. The first-order valence-corrected chi connectivity index (χ1v) is 6.88. The van der Waals surface area contributed by atoms with Crippen LogP contribution in [0.5, 0.6) is 0 Å². The van der Waals surface area contributed by atoms with Crippen LogP contribution in [0.15, 0.2) is 0 Å². The summed E-state index contributed by atoms with van der Waals surface area (Å²) in [6.45, 7) is 1.12. The Morgan fingerprint density at radius 3 is 2.56 bits per heavy atom. The van der Waals surface area contributed by atoms with Crippen LogP contribution in [-0.2, 0) is 9.59 Å². The highest BCUT2D eigenvalue weighted by atomic mass is 16.4. The lowest BCUT2D eigenvalue weighted by Gasteiger charge is -2.34. The number of amides is 1. The second kappa shape index (κ2) is 5.69. The first-order chi connectivity index (χ1) is 8.65. The van der Waals surface area contributed by atoms with E-state index in [9.17, 15) is 9.59 Å². The number of nitrogens with zero attached hydrogens (tertiary/aromatic N) is 1. The van der Waals surface area contributed by atoms with Gasteiger partial charge in [-0.25, -0.2) is 4.79 Å². The molecular formula is C13H22N2O3. The fraction of sp³-hybridized carbons (Fsp3) is 0.846. The second-order valence-corrected chi connectivity index (χ2v) is 5.41. The topological polar surface area (TPSA) is 83.6 Å². The summed E-state index contributed by atoms with van der Waals surface area (Å²) in [5, 5.41) is 9.14. The number of carbonyl (C=O) groups is 2. The average molecular weight is 254 g/mol. The molecule has 2 fully saturated rings. The zero-order valence-electron chi connectivity index (χ0n) is 10.7. The van der Waals surface area contributed by atoms with E-state index in [2.05, 4.69) is 0 Å². The zero-order chi connectivity index (χ0) is 13.1. The van der Waals surface area contributed by atoms with E-state index in [4.69, 9.17) is 10.8 Å². The number of nitrogens with two attached hydrogens (primary N) is 1. The van der Waals surface area contributed by atoms with E-state index in [0.29, 0.717) is 19.5 Å². The van der Waals surface area contributed by atoms with Crippen LogP contribution in [0.2, 0.25) is 0 Å². The van der Waals surface area contributed by atoms with E-state index >= 15 is 0 Å². The van der Waals surface area contributed by atoms with Crippen molar-refractivity contribution in [3.8, 4) is 0 Å². The zero-order valence-corrected chi connectivity index (χ0v) is 10.7. The minimum Gasteiger partial charge on any atom is -0.480 e. The maximum Gasteiger partial charge on any atom is 0.326 e. The summed E-state index contributed by atoms with van der Waals surface area (Å²) >= 11 is 0. The molecule has 1 heterocycles. The molecule has 3 unspecified atom stereocenters. The summed E-state index contributed by atoms with van der Waals surface area (Å²) in [4.78, 5) is 25.2. The molecule has 0 spiro atoms. The van der Waals surface area contributed by atoms with Crippen molar-refractivity contribution in [2.75, 3.05) is 13.1 Å². The summed E-state index contributed by atoms with van der Waals surface area (Å²) in [5.74, 6) is -0.666. The van der Waals surface area contributed by atoms with Gasteiger partial charge in [0.2, 0.25) is 5.91 Å². The van der Waals surface area contributed by atoms with Crippen molar-refractivity contribution >= 4 is 11.9 Å². The molecule has 1 saturated heterocycles. The third-order valence-corrected chi connectivity index (χ3v) is 4.35. The summed E-state index contributed by atoms with van der Waals surface area (Å²) in [6.07, 6.45) is 5.43. The SMILES string of the molecule is NCC1CCCCC1C(=O)N1CCCC1C(=O)O. The monoisotopic (exact) mass is 254 g/mol. The number of carbonyl (C=O) groups excluding carboxylic acids is 1. The fourth-order valence-corrected chi connectivity index (χ4v) is 3.32. The van der Waals surface area contributed by atoms with Gasteiger partial charge in [0, 0.05) is 12.5 Å². The lowest BCUT2D eigenvalue weighted by Crippen LogP contribution is -2.46. The van der Waals surface area contributed by atoms with Crippen molar-refractivity contribution in [1.82, 2.24) is 4.90 Å². The molecule has 3 atom stereocenters. The molecule has 0 aromatic rings. The standard InChI is InChI=1S/C13H22N2O3/c14-8-9-4-1-2-5-10(9)12(16)15-7-3-6-11(15)13(17)18/h9-11H,1-8,14H2,(H,17,18). The summed E-state index contributed by atoms with van der Waals surface area (Å²) in [5.41, 5.74) is 5.74. The van der Waals surface area contributed by atoms with Crippen molar-refractivity contribution in [3.63, 3.8) is 0 Å². The number of likely N-dealkylation sites (tertiary alicyclic amines) is 1. The van der Waals surface area contributed by atoms with Crippen LogP contribution in [0.3, 0.4) is 0 Å². The molecule has 0 aromatic heterocycles. The number of carboxylic acids is 1. The van der Waals surface area contributed by atoms with Gasteiger partial charge < -0.3 is 15.7 Å². The van der Waals surface area contributed by atoms with Crippen LogP contribution in [0.4, 0.5) is 0 Å². The molecule has 1 aliphatic carbocycles. The first-order valence-electron chi connectivity index (χ1n) is 6.88. The third kappa shape index (κ3) is 2.51. The molecule has 102 valence electrons. The van der Waals surface area contributed by atoms with Crippen LogP contribution in [-0.4, -0.2) is 41.0 Å². The third-order valence-electron chi connectivity index (χ3n) is 4.35. The molecule has 0 aromatic carbocycles. The summed E-state index contributed by atoms with van der Waals surface area (Å²) in [7, 11) is 0. The molecule has 5 nitrogen and oxygen atoms in total. The van der Waals surface area contributed by atoms with Gasteiger partial charge in [-0.05, 0) is 38.1 Å². The Balaban J connectivity index is 2.07. The van der Waals surface area contributed by atoms with Gasteiger partial charge in [-0.2, -0.15) is 0 Å². The van der Waals surface area contributed by atoms with Gasteiger partial charge in [-0.3, -0.25) is 4.79 Å². The molecule has 18 heavy (non-hydrogen) atoms. The first kappa shape index (κ1) is 13.3. The van der Waals surface area contributed by atoms with Crippen molar-refractivity contribution < 1.29 is 14.7 Å². The number of rotatable bonds is 3. The van der Waals surface area contributed by atoms with Gasteiger partial charge in [0.1, 0.15) is 6.04 Å². The Labute approximate surface area is 107 Å². The lowest BCUT2D eigenvalue weighted by molar-refractivity contribution is -0.151. The Morgan fingerprint density at radius 2 is 1.89 bits per heavy atom. The van der Waals surface area contributed by atoms with E-state index < -0.39 is 12.0 Å². The predicted octanol–water partition coefficient (Wildman–Crippen LogP) is 0.827. The summed E-state index contributed by atoms with van der Waals surface area (Å²) < 4.78 is 0. The van der Waals surface area contributed by atoms with Crippen molar-refractivity contribution in [2.45, 2.75) is 44.6 Å². The molecule has 0 bridgehead atoms. The maximum atomic E-state index is 12.5. The van der Waals surface area contributed by atoms with Crippen LogP contribution < -0.4 is 5.73 Å². The largest absolute Gasteiger partial charge is 0.480 e. The smallest absolute Gasteiger partial charge is 0.326 e. The van der Waals surface area contributed by atoms with E-state index in [1.54, 1.807) is 4.90 Å². The molecular weight excluding hydrogens is 232 g/mol. The predicted molar refractivity (Wildman–Crippen MR) is 66.9 cm³/mol.